The topological polar surface area (TPSA) is 51.2 Å². The average Bonchev–Trinajstić information content (AvgIpc) is 3.02. The number of aliphatic hydroxyl groups is 1. The maximum absolute atomic E-state index is 10.3. The molecule has 19 heavy (non-hydrogen) atoms. The number of aliphatic hydroxyl groups excluding tert-OH is 1. The highest BCUT2D eigenvalue weighted by atomic mass is 16.7. The summed E-state index contributed by atoms with van der Waals surface area (Å²) in [5.41, 5.74) is 0. The summed E-state index contributed by atoms with van der Waals surface area (Å²) in [6.45, 7) is 4.28. The lowest BCUT2D eigenvalue weighted by molar-refractivity contribution is -0.206. The summed E-state index contributed by atoms with van der Waals surface area (Å²) in [6, 6.07) is 0.484. The third-order valence-corrected chi connectivity index (χ3v) is 4.98. The summed E-state index contributed by atoms with van der Waals surface area (Å²) in [5, 5.41) is 10.3. The molecule has 0 aromatic rings. The van der Waals surface area contributed by atoms with Crippen LogP contribution in [0.4, 0.5) is 0 Å². The third-order valence-electron chi connectivity index (χ3n) is 4.98. The van der Waals surface area contributed by atoms with Crippen molar-refractivity contribution in [1.29, 1.82) is 0 Å². The van der Waals surface area contributed by atoms with E-state index in [4.69, 9.17) is 14.2 Å². The maximum atomic E-state index is 10.3. The van der Waals surface area contributed by atoms with Gasteiger partial charge >= 0.3 is 0 Å². The molecule has 2 heterocycles. The van der Waals surface area contributed by atoms with E-state index < -0.39 is 5.79 Å². The van der Waals surface area contributed by atoms with Gasteiger partial charge < -0.3 is 19.3 Å². The lowest BCUT2D eigenvalue weighted by Gasteiger charge is -2.45. The molecule has 2 aliphatic heterocycles. The van der Waals surface area contributed by atoms with Gasteiger partial charge in [-0.05, 0) is 26.8 Å². The molecule has 5 nitrogen and oxygen atoms in total. The Balaban J connectivity index is 1.70. The Labute approximate surface area is 114 Å². The van der Waals surface area contributed by atoms with Gasteiger partial charge in [0.2, 0.25) is 0 Å². The molecule has 4 atom stereocenters. The maximum Gasteiger partial charge on any atom is 0.170 e. The summed E-state index contributed by atoms with van der Waals surface area (Å²) in [6.07, 6.45) is 3.28. The van der Waals surface area contributed by atoms with E-state index in [2.05, 4.69) is 18.9 Å². The lowest BCUT2D eigenvalue weighted by atomic mass is 9.85. The first kappa shape index (κ1) is 13.8. The van der Waals surface area contributed by atoms with Crippen molar-refractivity contribution in [3.8, 4) is 0 Å². The van der Waals surface area contributed by atoms with Crippen molar-refractivity contribution >= 4 is 0 Å². The minimum atomic E-state index is -0.444. The van der Waals surface area contributed by atoms with Crippen LogP contribution in [0.15, 0.2) is 0 Å². The van der Waals surface area contributed by atoms with Gasteiger partial charge in [0.1, 0.15) is 0 Å². The molecule has 3 rings (SSSR count). The van der Waals surface area contributed by atoms with Gasteiger partial charge in [-0.3, -0.25) is 4.90 Å². The molecule has 1 spiro atoms. The second-order valence-electron chi connectivity index (χ2n) is 6.08. The predicted octanol–water partition coefficient (Wildman–Crippen LogP) is 0.752. The summed E-state index contributed by atoms with van der Waals surface area (Å²) < 4.78 is 17.3. The molecule has 110 valence electrons. The molecule has 3 aliphatic rings. The van der Waals surface area contributed by atoms with E-state index in [1.54, 1.807) is 0 Å². The fraction of sp³-hybridized carbons (Fsp3) is 1.00. The second kappa shape index (κ2) is 5.30. The van der Waals surface area contributed by atoms with Gasteiger partial charge in [0.05, 0.1) is 25.4 Å². The minimum Gasteiger partial charge on any atom is -0.391 e. The highest BCUT2D eigenvalue weighted by Gasteiger charge is 2.47. The SMILES string of the molecule is CC1OCCC1N(C)C1CC2(CCC1O)OCCO2. The molecule has 0 radical (unpaired) electrons. The van der Waals surface area contributed by atoms with Crippen LogP contribution < -0.4 is 0 Å². The molecular formula is C14H25NO4. The van der Waals surface area contributed by atoms with Gasteiger partial charge in [0.15, 0.2) is 5.79 Å². The first-order chi connectivity index (χ1) is 9.11. The molecule has 4 unspecified atom stereocenters. The zero-order chi connectivity index (χ0) is 13.5. The Morgan fingerprint density at radius 1 is 1.11 bits per heavy atom. The first-order valence-electron chi connectivity index (χ1n) is 7.41. The Kier molecular flexibility index (Phi) is 3.84. The van der Waals surface area contributed by atoms with Crippen molar-refractivity contribution in [2.45, 2.75) is 62.7 Å². The van der Waals surface area contributed by atoms with Crippen molar-refractivity contribution in [2.24, 2.45) is 0 Å². The number of hydrogen-bond donors (Lipinski definition) is 1. The van der Waals surface area contributed by atoms with Gasteiger partial charge in [0, 0.05) is 31.5 Å². The third kappa shape index (κ3) is 2.54. The second-order valence-corrected chi connectivity index (χ2v) is 6.08. The van der Waals surface area contributed by atoms with E-state index in [0.717, 1.165) is 32.3 Å². The molecule has 1 N–H and O–H groups in total. The van der Waals surface area contributed by atoms with E-state index in [-0.39, 0.29) is 18.2 Å². The largest absolute Gasteiger partial charge is 0.391 e. The molecule has 0 aromatic carbocycles. The molecular weight excluding hydrogens is 246 g/mol. The Hall–Kier alpha value is -0.200. The van der Waals surface area contributed by atoms with Crippen molar-refractivity contribution in [3.05, 3.63) is 0 Å². The normalized spacial score (nSPS) is 42.3. The van der Waals surface area contributed by atoms with E-state index in [1.165, 1.54) is 0 Å². The van der Waals surface area contributed by atoms with Crippen LogP contribution in [0.2, 0.25) is 0 Å². The Morgan fingerprint density at radius 3 is 2.47 bits per heavy atom. The molecule has 0 amide bonds. The van der Waals surface area contributed by atoms with Crippen LogP contribution in [-0.4, -0.2) is 67.0 Å². The zero-order valence-corrected chi connectivity index (χ0v) is 11.9. The number of likely N-dealkylation sites (N-methyl/N-ethyl adjacent to an activating group) is 1. The molecule has 0 bridgehead atoms. The quantitative estimate of drug-likeness (QED) is 0.803. The van der Waals surface area contributed by atoms with Crippen LogP contribution in [0.1, 0.15) is 32.6 Å². The standard InChI is InChI=1S/C14H25NO4/c1-10-11(4-6-17-10)15(2)12-9-14(5-3-13(12)16)18-7-8-19-14/h10-13,16H,3-9H2,1-2H3. The molecule has 3 fully saturated rings. The number of nitrogens with zero attached hydrogens (tertiary/aromatic N) is 1. The van der Waals surface area contributed by atoms with Crippen molar-refractivity contribution in [1.82, 2.24) is 4.90 Å². The number of hydrogen-bond acceptors (Lipinski definition) is 5. The van der Waals surface area contributed by atoms with Gasteiger partial charge in [-0.2, -0.15) is 0 Å². The highest BCUT2D eigenvalue weighted by molar-refractivity contribution is 4.95. The summed E-state index contributed by atoms with van der Waals surface area (Å²) in [5.74, 6) is -0.444. The van der Waals surface area contributed by atoms with Crippen LogP contribution in [0.25, 0.3) is 0 Å². The van der Waals surface area contributed by atoms with Crippen LogP contribution >= 0.6 is 0 Å². The van der Waals surface area contributed by atoms with Gasteiger partial charge in [-0.25, -0.2) is 0 Å². The lowest BCUT2D eigenvalue weighted by Crippen LogP contribution is -2.55. The predicted molar refractivity (Wildman–Crippen MR) is 69.9 cm³/mol. The number of rotatable bonds is 2. The van der Waals surface area contributed by atoms with Crippen LogP contribution in [-0.2, 0) is 14.2 Å². The molecule has 2 saturated heterocycles. The van der Waals surface area contributed by atoms with E-state index >= 15 is 0 Å². The Bertz CT molecular complexity index is 319. The van der Waals surface area contributed by atoms with Crippen LogP contribution in [0.5, 0.6) is 0 Å². The summed E-state index contributed by atoms with van der Waals surface area (Å²) in [7, 11) is 2.09. The van der Waals surface area contributed by atoms with Crippen molar-refractivity contribution in [3.63, 3.8) is 0 Å². The van der Waals surface area contributed by atoms with E-state index in [9.17, 15) is 5.11 Å². The zero-order valence-electron chi connectivity index (χ0n) is 11.9. The van der Waals surface area contributed by atoms with Gasteiger partial charge in [-0.1, -0.05) is 0 Å². The monoisotopic (exact) mass is 271 g/mol. The molecule has 1 saturated carbocycles. The first-order valence-corrected chi connectivity index (χ1v) is 7.41. The van der Waals surface area contributed by atoms with Crippen molar-refractivity contribution < 1.29 is 19.3 Å². The van der Waals surface area contributed by atoms with E-state index in [1.807, 2.05) is 0 Å². The summed E-state index contributed by atoms with van der Waals surface area (Å²) >= 11 is 0. The summed E-state index contributed by atoms with van der Waals surface area (Å²) in [4.78, 5) is 2.29. The molecule has 5 heteroatoms. The number of ether oxygens (including phenoxy) is 3. The fourth-order valence-corrected chi connectivity index (χ4v) is 3.79. The molecule has 0 aromatic heterocycles. The smallest absolute Gasteiger partial charge is 0.170 e. The Morgan fingerprint density at radius 2 is 1.84 bits per heavy atom. The van der Waals surface area contributed by atoms with Crippen molar-refractivity contribution in [2.75, 3.05) is 26.9 Å². The van der Waals surface area contributed by atoms with Gasteiger partial charge in [-0.15, -0.1) is 0 Å². The molecule has 1 aliphatic carbocycles. The van der Waals surface area contributed by atoms with Gasteiger partial charge in [0.25, 0.3) is 0 Å². The van der Waals surface area contributed by atoms with E-state index in [0.29, 0.717) is 19.3 Å². The fourth-order valence-electron chi connectivity index (χ4n) is 3.79. The minimum absolute atomic E-state index is 0.0981. The van der Waals surface area contributed by atoms with Crippen LogP contribution in [0, 0.1) is 0 Å². The van der Waals surface area contributed by atoms with Crippen LogP contribution in [0.3, 0.4) is 0 Å². The highest BCUT2D eigenvalue weighted by Crippen LogP contribution is 2.38. The average molecular weight is 271 g/mol.